The molecule has 1 saturated carbocycles. The van der Waals surface area contributed by atoms with E-state index in [0.29, 0.717) is 31.0 Å². The molecule has 170 valence electrons. The molecule has 3 N–H and O–H groups in total. The fourth-order valence-electron chi connectivity index (χ4n) is 2.73. The third-order valence-corrected chi connectivity index (χ3v) is 3.97. The number of carbonyl (C=O) groups excluding carboxylic acids is 1. The van der Waals surface area contributed by atoms with Crippen molar-refractivity contribution >= 4 is 36.0 Å². The Balaban J connectivity index is 0.00000450. The summed E-state index contributed by atoms with van der Waals surface area (Å²) in [5.74, 6) is 0.212. The van der Waals surface area contributed by atoms with E-state index in [9.17, 15) is 18.0 Å². The van der Waals surface area contributed by atoms with Gasteiger partial charge in [-0.2, -0.15) is 0 Å². The summed E-state index contributed by atoms with van der Waals surface area (Å²) < 4.78 is 47.0. The number of ether oxygens (including phenoxy) is 2. The van der Waals surface area contributed by atoms with Gasteiger partial charge in [-0.3, -0.25) is 4.99 Å². The molecule has 0 heterocycles. The lowest BCUT2D eigenvalue weighted by Gasteiger charge is -2.20. The predicted molar refractivity (Wildman–Crippen MR) is 118 cm³/mol. The van der Waals surface area contributed by atoms with Crippen molar-refractivity contribution in [3.8, 4) is 5.75 Å². The Morgan fingerprint density at radius 3 is 2.40 bits per heavy atom. The molecule has 0 aliphatic heterocycles. The lowest BCUT2D eigenvalue weighted by molar-refractivity contribution is -0.274. The Morgan fingerprint density at radius 2 is 1.80 bits per heavy atom. The van der Waals surface area contributed by atoms with Crippen LogP contribution in [0.5, 0.6) is 5.75 Å². The highest BCUT2D eigenvalue weighted by atomic mass is 127. The molecule has 0 aromatic heterocycles. The topological polar surface area (TPSA) is 84.0 Å². The number of nitrogens with zero attached hydrogens (tertiary/aromatic N) is 1. The van der Waals surface area contributed by atoms with Crippen molar-refractivity contribution in [1.29, 1.82) is 0 Å². The molecule has 1 aromatic rings. The van der Waals surface area contributed by atoms with Gasteiger partial charge in [0.1, 0.15) is 11.4 Å². The van der Waals surface area contributed by atoms with Crippen molar-refractivity contribution in [2.45, 2.75) is 51.1 Å². The first-order chi connectivity index (χ1) is 13.5. The van der Waals surface area contributed by atoms with Crippen LogP contribution in [0.2, 0.25) is 0 Å². The third-order valence-electron chi connectivity index (χ3n) is 3.97. The number of hydrogen-bond acceptors (Lipinski definition) is 4. The smallest absolute Gasteiger partial charge is 0.444 e. The zero-order chi connectivity index (χ0) is 21.7. The van der Waals surface area contributed by atoms with Crippen LogP contribution in [0.15, 0.2) is 29.3 Å². The van der Waals surface area contributed by atoms with Gasteiger partial charge in [0.15, 0.2) is 5.96 Å². The summed E-state index contributed by atoms with van der Waals surface area (Å²) in [6.07, 6.45) is -4.58. The monoisotopic (exact) mass is 544 g/mol. The first-order valence-corrected chi connectivity index (χ1v) is 9.27. The minimum atomic E-state index is -4.73. The molecule has 11 heteroatoms. The van der Waals surface area contributed by atoms with Crippen molar-refractivity contribution in [2.75, 3.05) is 20.1 Å². The Hall–Kier alpha value is -1.92. The molecule has 0 spiro atoms. The molecule has 7 nitrogen and oxygen atoms in total. The van der Waals surface area contributed by atoms with Crippen molar-refractivity contribution in [3.05, 3.63) is 29.8 Å². The Morgan fingerprint density at radius 1 is 1.17 bits per heavy atom. The van der Waals surface area contributed by atoms with Crippen LogP contribution in [0.25, 0.3) is 0 Å². The van der Waals surface area contributed by atoms with Crippen LogP contribution in [0.4, 0.5) is 18.0 Å². The summed E-state index contributed by atoms with van der Waals surface area (Å²) in [5, 5.41) is 8.83. The maximum atomic E-state index is 12.6. The van der Waals surface area contributed by atoms with Crippen LogP contribution in [0.1, 0.15) is 38.7 Å². The standard InChI is InChI=1S/C19H27F3N4O3.HI/c1-18(2,3)29-17(27)25-10-9-24-16(23-4)26-14-11-13(14)12-7-5-6-8-15(12)28-19(20,21)22;/h5-8,13-14H,9-11H2,1-4H3,(H,25,27)(H2,23,24,26);1H. The van der Waals surface area contributed by atoms with Crippen LogP contribution >= 0.6 is 24.0 Å². The highest BCUT2D eigenvalue weighted by Gasteiger charge is 2.42. The zero-order valence-corrected chi connectivity index (χ0v) is 19.6. The zero-order valence-electron chi connectivity index (χ0n) is 17.3. The van der Waals surface area contributed by atoms with Gasteiger partial charge < -0.3 is 25.4 Å². The number of hydrogen-bond donors (Lipinski definition) is 3. The summed E-state index contributed by atoms with van der Waals surface area (Å²) in [4.78, 5) is 15.7. The van der Waals surface area contributed by atoms with Crippen LogP contribution in [-0.2, 0) is 4.74 Å². The lowest BCUT2D eigenvalue weighted by Crippen LogP contribution is -2.43. The Bertz CT molecular complexity index is 738. The van der Waals surface area contributed by atoms with E-state index >= 15 is 0 Å². The SMILES string of the molecule is CN=C(NCCNC(=O)OC(C)(C)C)NC1CC1c1ccccc1OC(F)(F)F.I. The minimum absolute atomic E-state index is 0. The van der Waals surface area contributed by atoms with E-state index in [1.807, 2.05) is 0 Å². The molecule has 1 amide bonds. The van der Waals surface area contributed by atoms with E-state index in [2.05, 4.69) is 25.7 Å². The van der Waals surface area contributed by atoms with Gasteiger partial charge >= 0.3 is 12.5 Å². The molecule has 2 atom stereocenters. The number of aliphatic imine (C=N–C) groups is 1. The molecule has 30 heavy (non-hydrogen) atoms. The minimum Gasteiger partial charge on any atom is -0.444 e. The molecule has 2 unspecified atom stereocenters. The average Bonchev–Trinajstić information content (AvgIpc) is 3.34. The Kier molecular flexibility index (Phi) is 9.50. The van der Waals surface area contributed by atoms with E-state index in [0.717, 1.165) is 0 Å². The number of amides is 1. The molecule has 1 aliphatic rings. The van der Waals surface area contributed by atoms with Gasteiger partial charge in [-0.25, -0.2) is 4.79 Å². The maximum Gasteiger partial charge on any atom is 0.573 e. The predicted octanol–water partition coefficient (Wildman–Crippen LogP) is 3.75. The first kappa shape index (κ1) is 26.1. The second-order valence-corrected chi connectivity index (χ2v) is 7.61. The van der Waals surface area contributed by atoms with Gasteiger partial charge in [0, 0.05) is 32.1 Å². The van der Waals surface area contributed by atoms with Gasteiger partial charge in [-0.05, 0) is 38.8 Å². The number of alkyl carbamates (subject to hydrolysis) is 1. The summed E-state index contributed by atoms with van der Waals surface area (Å²) >= 11 is 0. The number of rotatable bonds is 6. The number of nitrogens with one attached hydrogen (secondary N) is 3. The molecule has 0 radical (unpaired) electrons. The van der Waals surface area contributed by atoms with Gasteiger partial charge in [-0.15, -0.1) is 37.1 Å². The summed E-state index contributed by atoms with van der Waals surface area (Å²) in [6, 6.07) is 6.08. The van der Waals surface area contributed by atoms with E-state index in [4.69, 9.17) is 4.74 Å². The van der Waals surface area contributed by atoms with E-state index in [-0.39, 0.29) is 41.7 Å². The Labute approximate surface area is 191 Å². The van der Waals surface area contributed by atoms with Gasteiger partial charge in [-0.1, -0.05) is 18.2 Å². The summed E-state index contributed by atoms with van der Waals surface area (Å²) in [7, 11) is 1.59. The molecular weight excluding hydrogens is 516 g/mol. The van der Waals surface area contributed by atoms with Crippen molar-refractivity contribution in [2.24, 2.45) is 4.99 Å². The molecular formula is C19H28F3IN4O3. The second kappa shape index (κ2) is 10.9. The van der Waals surface area contributed by atoms with Crippen LogP contribution in [0, 0.1) is 0 Å². The van der Waals surface area contributed by atoms with Crippen molar-refractivity contribution in [1.82, 2.24) is 16.0 Å². The summed E-state index contributed by atoms with van der Waals surface area (Å²) in [5.41, 5.74) is -0.0632. The number of halogens is 4. The summed E-state index contributed by atoms with van der Waals surface area (Å²) in [6.45, 7) is 6.07. The number of para-hydroxylation sites is 1. The van der Waals surface area contributed by atoms with E-state index in [1.54, 1.807) is 40.0 Å². The molecule has 1 fully saturated rings. The number of benzene rings is 1. The van der Waals surface area contributed by atoms with Crippen LogP contribution in [0.3, 0.4) is 0 Å². The first-order valence-electron chi connectivity index (χ1n) is 9.27. The molecule has 0 bridgehead atoms. The average molecular weight is 544 g/mol. The number of alkyl halides is 3. The molecule has 0 saturated heterocycles. The van der Waals surface area contributed by atoms with Gasteiger partial charge in [0.05, 0.1) is 0 Å². The van der Waals surface area contributed by atoms with E-state index in [1.165, 1.54) is 12.1 Å². The van der Waals surface area contributed by atoms with Gasteiger partial charge in [0.2, 0.25) is 0 Å². The quantitative estimate of drug-likeness (QED) is 0.220. The van der Waals surface area contributed by atoms with E-state index < -0.39 is 18.1 Å². The highest BCUT2D eigenvalue weighted by molar-refractivity contribution is 14.0. The fraction of sp³-hybridized carbons (Fsp3) is 0.579. The van der Waals surface area contributed by atoms with Crippen molar-refractivity contribution in [3.63, 3.8) is 0 Å². The largest absolute Gasteiger partial charge is 0.573 e. The maximum absolute atomic E-state index is 12.6. The van der Waals surface area contributed by atoms with Crippen LogP contribution < -0.4 is 20.7 Å². The highest BCUT2D eigenvalue weighted by Crippen LogP contribution is 2.45. The third kappa shape index (κ3) is 9.26. The lowest BCUT2D eigenvalue weighted by atomic mass is 10.1. The molecule has 1 aromatic carbocycles. The van der Waals surface area contributed by atoms with Crippen molar-refractivity contribution < 1.29 is 27.4 Å². The molecule has 1 aliphatic carbocycles. The second-order valence-electron chi connectivity index (χ2n) is 7.61. The molecule has 2 rings (SSSR count). The number of guanidine groups is 1. The fourth-order valence-corrected chi connectivity index (χ4v) is 2.73. The van der Waals surface area contributed by atoms with Gasteiger partial charge in [0.25, 0.3) is 0 Å². The number of carbonyl (C=O) groups is 1. The normalized spacial score (nSPS) is 18.7. The van der Waals surface area contributed by atoms with Crippen LogP contribution in [-0.4, -0.2) is 50.2 Å².